The van der Waals surface area contributed by atoms with E-state index in [0.717, 1.165) is 0 Å². The Morgan fingerprint density at radius 2 is 1.19 bits per heavy atom. The van der Waals surface area contributed by atoms with E-state index in [1.807, 2.05) is 0 Å². The van der Waals surface area contributed by atoms with Gasteiger partial charge >= 0.3 is 0 Å². The van der Waals surface area contributed by atoms with Crippen LogP contribution in [0.2, 0.25) is 0 Å². The van der Waals surface area contributed by atoms with E-state index in [2.05, 4.69) is 168 Å². The van der Waals surface area contributed by atoms with Crippen molar-refractivity contribution in [1.29, 1.82) is 0 Å². The van der Waals surface area contributed by atoms with Crippen LogP contribution in [-0.2, 0) is 5.54 Å². The Morgan fingerprint density at radius 1 is 0.489 bits per heavy atom. The predicted molar refractivity (Wildman–Crippen MR) is 201 cm³/mol. The summed E-state index contributed by atoms with van der Waals surface area (Å²) in [5.74, 6) is 0.885. The highest BCUT2D eigenvalue weighted by Crippen LogP contribution is 2.46. The minimum absolute atomic E-state index is 0.109. The summed E-state index contributed by atoms with van der Waals surface area (Å²) in [5.41, 5.74) is 11.9. The van der Waals surface area contributed by atoms with Gasteiger partial charge in [0.1, 0.15) is 0 Å². The first-order valence-electron chi connectivity index (χ1n) is 17.2. The number of rotatable bonds is 4. The standard InChI is InChI=1S/C46H40N/c1-27(2)33-18-15-30-16-19-36-39(28(3)4)26-41(37-22-21-35(33)44(30)45(36)37)31-14-13-29-10-9-11-34(40(29)24-31)32-17-20-38-42(25-32)46(5,6)47-23-8-7-12-43(38)47/h7-28H,1-6H3/q+1. The number of nitrogens with zero attached hydrogens (tertiary/aromatic N) is 1. The highest BCUT2D eigenvalue weighted by Gasteiger charge is 2.43. The van der Waals surface area contributed by atoms with Crippen molar-refractivity contribution in [2.24, 2.45) is 0 Å². The molecule has 1 aliphatic heterocycles. The third kappa shape index (κ3) is 3.99. The SMILES string of the molecule is CC(C)c1ccc2ccc3c(C(C)C)cc(-c4ccc5cccc(-c6ccc7c(c6)C(C)(C)[n+]6ccccc6-7)c5c4)c4ccc1c2c43. The zero-order valence-electron chi connectivity index (χ0n) is 28.1. The van der Waals surface area contributed by atoms with Gasteiger partial charge in [0.15, 0.2) is 11.7 Å². The van der Waals surface area contributed by atoms with Crippen molar-refractivity contribution < 1.29 is 4.57 Å². The average molecular weight is 607 g/mol. The summed E-state index contributed by atoms with van der Waals surface area (Å²) in [6, 6.07) is 44.1. The Labute approximate surface area is 277 Å². The van der Waals surface area contributed by atoms with Gasteiger partial charge in [0.2, 0.25) is 5.69 Å². The lowest BCUT2D eigenvalue weighted by molar-refractivity contribution is -0.731. The molecule has 1 heteroatoms. The molecule has 1 nitrogen and oxygen atoms in total. The Morgan fingerprint density at radius 3 is 2.02 bits per heavy atom. The highest BCUT2D eigenvalue weighted by molar-refractivity contribution is 6.27. The summed E-state index contributed by atoms with van der Waals surface area (Å²) in [6.45, 7) is 13.9. The molecule has 0 radical (unpaired) electrons. The highest BCUT2D eigenvalue weighted by atomic mass is 15.1. The van der Waals surface area contributed by atoms with Crippen LogP contribution >= 0.6 is 0 Å². The lowest BCUT2D eigenvalue weighted by Gasteiger charge is -2.21. The quantitative estimate of drug-likeness (QED) is 0.139. The molecule has 9 rings (SSSR count). The van der Waals surface area contributed by atoms with Crippen LogP contribution in [0.1, 0.15) is 70.1 Å². The van der Waals surface area contributed by atoms with Crippen molar-refractivity contribution in [2.75, 3.05) is 0 Å². The van der Waals surface area contributed by atoms with Crippen molar-refractivity contribution in [1.82, 2.24) is 0 Å². The normalized spacial score (nSPS) is 13.9. The van der Waals surface area contributed by atoms with Crippen molar-refractivity contribution in [3.05, 3.63) is 138 Å². The van der Waals surface area contributed by atoms with Gasteiger partial charge in [0, 0.05) is 31.5 Å². The lowest BCUT2D eigenvalue weighted by Crippen LogP contribution is -2.50. The Kier molecular flexibility index (Phi) is 6.00. The van der Waals surface area contributed by atoms with Crippen LogP contribution in [0.25, 0.3) is 76.6 Å². The van der Waals surface area contributed by atoms with Gasteiger partial charge in [-0.15, -0.1) is 0 Å². The molecule has 0 fully saturated rings. The van der Waals surface area contributed by atoms with Crippen LogP contribution in [0.15, 0.2) is 121 Å². The fourth-order valence-corrected chi connectivity index (χ4v) is 8.58. The van der Waals surface area contributed by atoms with E-state index in [-0.39, 0.29) is 5.54 Å². The first-order valence-corrected chi connectivity index (χ1v) is 17.2. The van der Waals surface area contributed by atoms with Crippen LogP contribution in [0.5, 0.6) is 0 Å². The Bertz CT molecular complexity index is 2550. The second-order valence-electron chi connectivity index (χ2n) is 14.7. The zero-order chi connectivity index (χ0) is 32.2. The molecular formula is C46H40N+. The third-order valence-electron chi connectivity index (χ3n) is 11.0. The second-order valence-corrected chi connectivity index (χ2v) is 14.7. The first-order chi connectivity index (χ1) is 22.7. The van der Waals surface area contributed by atoms with Crippen molar-refractivity contribution in [3.8, 4) is 33.5 Å². The van der Waals surface area contributed by atoms with Gasteiger partial charge in [-0.2, -0.15) is 4.57 Å². The minimum Gasteiger partial charge on any atom is -0.189 e. The first kappa shape index (κ1) is 28.2. The van der Waals surface area contributed by atoms with E-state index in [4.69, 9.17) is 0 Å². The Balaban J connectivity index is 1.28. The Hall–Kier alpha value is -5.01. The molecule has 1 aromatic heterocycles. The molecule has 8 aromatic rings. The van der Waals surface area contributed by atoms with E-state index in [9.17, 15) is 0 Å². The minimum atomic E-state index is -0.109. The van der Waals surface area contributed by atoms with Crippen LogP contribution in [-0.4, -0.2) is 0 Å². The van der Waals surface area contributed by atoms with Gasteiger partial charge in [0.25, 0.3) is 0 Å². The maximum atomic E-state index is 2.48. The molecule has 0 amide bonds. The smallest absolute Gasteiger partial charge is 0.189 e. The molecule has 1 aliphatic rings. The monoisotopic (exact) mass is 606 g/mol. The van der Waals surface area contributed by atoms with Gasteiger partial charge in [-0.3, -0.25) is 0 Å². The van der Waals surface area contributed by atoms with E-state index in [1.165, 1.54) is 93.3 Å². The molecule has 0 unspecified atom stereocenters. The van der Waals surface area contributed by atoms with E-state index in [0.29, 0.717) is 11.8 Å². The molecule has 0 atom stereocenters. The average Bonchev–Trinajstić information content (AvgIpc) is 3.31. The fraction of sp³-hybridized carbons (Fsp3) is 0.196. The lowest BCUT2D eigenvalue weighted by atomic mass is 9.82. The third-order valence-corrected chi connectivity index (χ3v) is 11.0. The number of fused-ring (bicyclic) bond motifs is 4. The summed E-state index contributed by atoms with van der Waals surface area (Å²) < 4.78 is 2.41. The molecule has 0 bridgehead atoms. The molecule has 0 spiro atoms. The van der Waals surface area contributed by atoms with E-state index in [1.54, 1.807) is 0 Å². The van der Waals surface area contributed by atoms with Gasteiger partial charge in [-0.1, -0.05) is 100 Å². The van der Waals surface area contributed by atoms with Gasteiger partial charge in [-0.05, 0) is 119 Å². The molecule has 228 valence electrons. The van der Waals surface area contributed by atoms with Crippen molar-refractivity contribution >= 4 is 43.1 Å². The number of hydrogen-bond acceptors (Lipinski definition) is 0. The molecule has 0 saturated carbocycles. The van der Waals surface area contributed by atoms with Gasteiger partial charge in [0.05, 0.1) is 5.56 Å². The number of pyridine rings is 1. The van der Waals surface area contributed by atoms with Crippen LogP contribution in [0, 0.1) is 0 Å². The molecule has 0 saturated heterocycles. The zero-order valence-corrected chi connectivity index (χ0v) is 28.1. The second kappa shape index (κ2) is 9.99. The molecule has 0 N–H and O–H groups in total. The molecule has 0 aliphatic carbocycles. The maximum absolute atomic E-state index is 2.48. The molecule has 47 heavy (non-hydrogen) atoms. The van der Waals surface area contributed by atoms with E-state index >= 15 is 0 Å². The predicted octanol–water partition coefficient (Wildman–Crippen LogP) is 12.4. The van der Waals surface area contributed by atoms with Crippen molar-refractivity contribution in [2.45, 2.75) is 58.9 Å². The number of aromatic nitrogens is 1. The fourth-order valence-electron chi connectivity index (χ4n) is 8.58. The molecule has 2 heterocycles. The van der Waals surface area contributed by atoms with Crippen LogP contribution in [0.4, 0.5) is 0 Å². The van der Waals surface area contributed by atoms with Gasteiger partial charge < -0.3 is 0 Å². The van der Waals surface area contributed by atoms with E-state index < -0.39 is 0 Å². The number of hydrogen-bond donors (Lipinski definition) is 0. The molecule has 7 aromatic carbocycles. The number of benzene rings is 7. The van der Waals surface area contributed by atoms with Crippen molar-refractivity contribution in [3.63, 3.8) is 0 Å². The topological polar surface area (TPSA) is 3.88 Å². The maximum Gasteiger partial charge on any atom is 0.213 e. The summed E-state index contributed by atoms with van der Waals surface area (Å²) >= 11 is 0. The van der Waals surface area contributed by atoms with Gasteiger partial charge in [-0.25, -0.2) is 0 Å². The summed E-state index contributed by atoms with van der Waals surface area (Å²) in [7, 11) is 0. The summed E-state index contributed by atoms with van der Waals surface area (Å²) in [6.07, 6.45) is 2.21. The summed E-state index contributed by atoms with van der Waals surface area (Å²) in [5, 5.41) is 10.8. The largest absolute Gasteiger partial charge is 0.213 e. The molecular weight excluding hydrogens is 567 g/mol. The van der Waals surface area contributed by atoms with Crippen LogP contribution < -0.4 is 4.57 Å². The van der Waals surface area contributed by atoms with Crippen LogP contribution in [0.3, 0.4) is 0 Å². The summed E-state index contributed by atoms with van der Waals surface area (Å²) in [4.78, 5) is 0.